The highest BCUT2D eigenvalue weighted by atomic mass is 16.5. The zero-order valence-electron chi connectivity index (χ0n) is 28.5. The third-order valence-corrected chi connectivity index (χ3v) is 10.5. The van der Waals surface area contributed by atoms with Crippen molar-refractivity contribution in [3.05, 3.63) is 80.9 Å². The summed E-state index contributed by atoms with van der Waals surface area (Å²) in [5, 5.41) is 35.0. The molecule has 0 aromatic heterocycles. The summed E-state index contributed by atoms with van der Waals surface area (Å²) in [6, 6.07) is 11.1. The molecule has 2 bridgehead atoms. The molecule has 248 valence electrons. The van der Waals surface area contributed by atoms with Crippen LogP contribution < -0.4 is 18.9 Å². The van der Waals surface area contributed by atoms with Gasteiger partial charge in [0.15, 0.2) is 23.0 Å². The molecule has 3 heterocycles. The van der Waals surface area contributed by atoms with Gasteiger partial charge in [-0.05, 0) is 52.5 Å². The maximum Gasteiger partial charge on any atom is 0.167 e. The fraction of sp³-hybridized carbons (Fsp3) is 0.447. The Morgan fingerprint density at radius 3 is 1.89 bits per heavy atom. The molecule has 3 aromatic carbocycles. The van der Waals surface area contributed by atoms with E-state index in [9.17, 15) is 15.5 Å². The van der Waals surface area contributed by atoms with Crippen LogP contribution in [0, 0.1) is 25.2 Å². The van der Waals surface area contributed by atoms with Crippen LogP contribution in [0.25, 0.3) is 0 Å². The third-order valence-electron chi connectivity index (χ3n) is 10.5. The Bertz CT molecular complexity index is 1760. The van der Waals surface area contributed by atoms with E-state index in [1.807, 2.05) is 32.0 Å². The summed E-state index contributed by atoms with van der Waals surface area (Å²) in [5.41, 5.74) is 7.01. The predicted molar refractivity (Wildman–Crippen MR) is 180 cm³/mol. The third kappa shape index (κ3) is 4.97. The number of benzene rings is 3. The van der Waals surface area contributed by atoms with Gasteiger partial charge in [0.1, 0.15) is 17.5 Å². The van der Waals surface area contributed by atoms with Crippen molar-refractivity contribution in [1.29, 1.82) is 5.26 Å². The Balaban J connectivity index is 1.68. The van der Waals surface area contributed by atoms with E-state index in [4.69, 9.17) is 18.9 Å². The van der Waals surface area contributed by atoms with E-state index in [0.717, 1.165) is 38.9 Å². The molecule has 47 heavy (non-hydrogen) atoms. The minimum atomic E-state index is -0.538. The van der Waals surface area contributed by atoms with Crippen LogP contribution in [-0.2, 0) is 19.3 Å². The summed E-state index contributed by atoms with van der Waals surface area (Å²) in [6.45, 7) is 8.55. The number of ether oxygens (including phenoxy) is 4. The molecule has 3 aliphatic heterocycles. The highest BCUT2D eigenvalue weighted by molar-refractivity contribution is 5.67. The van der Waals surface area contributed by atoms with Crippen LogP contribution in [-0.4, -0.2) is 73.1 Å². The summed E-state index contributed by atoms with van der Waals surface area (Å²) in [4.78, 5) is 4.68. The summed E-state index contributed by atoms with van der Waals surface area (Å²) in [7, 11) is 6.41. The minimum Gasteiger partial charge on any atom is -0.504 e. The lowest BCUT2D eigenvalue weighted by Gasteiger charge is -2.61. The number of phenolic OH excluding ortho intramolecular Hbond substituents is 2. The molecular formula is C38H45N3O6. The van der Waals surface area contributed by atoms with Crippen LogP contribution in [0.3, 0.4) is 0 Å². The van der Waals surface area contributed by atoms with Gasteiger partial charge in [-0.2, -0.15) is 5.26 Å². The number of phenols is 2. The second kappa shape index (κ2) is 12.7. The Hall–Kier alpha value is -4.39. The predicted octanol–water partition coefficient (Wildman–Crippen LogP) is 6.10. The molecule has 0 spiro atoms. The number of nitriles is 1. The fourth-order valence-corrected chi connectivity index (χ4v) is 8.63. The van der Waals surface area contributed by atoms with Gasteiger partial charge in [0, 0.05) is 58.1 Å². The molecule has 3 aliphatic rings. The van der Waals surface area contributed by atoms with Crippen molar-refractivity contribution in [2.45, 2.75) is 77.2 Å². The molecule has 9 nitrogen and oxygen atoms in total. The van der Waals surface area contributed by atoms with Gasteiger partial charge in [0.2, 0.25) is 0 Å². The molecule has 0 saturated carbocycles. The number of methoxy groups -OCH3 is 4. The average molecular weight is 640 g/mol. The number of hydrogen-bond acceptors (Lipinski definition) is 9. The molecule has 0 amide bonds. The van der Waals surface area contributed by atoms with E-state index in [1.165, 1.54) is 5.57 Å². The van der Waals surface area contributed by atoms with Gasteiger partial charge in [-0.15, -0.1) is 0 Å². The molecule has 3 aromatic rings. The number of aromatic hydroxyl groups is 2. The van der Waals surface area contributed by atoms with Crippen molar-refractivity contribution in [1.82, 2.24) is 9.80 Å². The van der Waals surface area contributed by atoms with Gasteiger partial charge < -0.3 is 29.2 Å². The summed E-state index contributed by atoms with van der Waals surface area (Å²) in [6.07, 6.45) is 3.72. The highest BCUT2D eigenvalue weighted by Crippen LogP contribution is 2.59. The first-order chi connectivity index (χ1) is 22.6. The molecule has 1 saturated heterocycles. The zero-order chi connectivity index (χ0) is 33.7. The number of allylic oxidation sites excluding steroid dienone is 1. The second-order valence-electron chi connectivity index (χ2n) is 13.1. The van der Waals surface area contributed by atoms with Gasteiger partial charge in [-0.3, -0.25) is 9.80 Å². The number of nitrogens with zero attached hydrogens (tertiary/aromatic N) is 3. The van der Waals surface area contributed by atoms with E-state index < -0.39 is 6.04 Å². The molecule has 5 atom stereocenters. The molecule has 2 N–H and O–H groups in total. The molecule has 6 rings (SSSR count). The minimum absolute atomic E-state index is 0.0798. The van der Waals surface area contributed by atoms with Crippen LogP contribution in [0.1, 0.15) is 64.9 Å². The summed E-state index contributed by atoms with van der Waals surface area (Å²) in [5.74, 6) is 2.30. The van der Waals surface area contributed by atoms with Crippen molar-refractivity contribution >= 4 is 0 Å². The van der Waals surface area contributed by atoms with Crippen LogP contribution in [0.2, 0.25) is 0 Å². The van der Waals surface area contributed by atoms with Crippen LogP contribution >= 0.6 is 0 Å². The first-order valence-electron chi connectivity index (χ1n) is 16.2. The largest absolute Gasteiger partial charge is 0.504 e. The maximum atomic E-state index is 12.0. The average Bonchev–Trinajstić information content (AvgIpc) is 3.05. The van der Waals surface area contributed by atoms with E-state index >= 15 is 0 Å². The maximum absolute atomic E-state index is 12.0. The van der Waals surface area contributed by atoms with Gasteiger partial charge in [0.25, 0.3) is 0 Å². The Morgan fingerprint density at radius 2 is 1.36 bits per heavy atom. The topological polar surface area (TPSA) is 108 Å². The standard InChI is InChI=1S/C38H45N3O6/c1-20(2)14-15-40-26-17-25-31(34(43)38(47-8)22(4)36(25)45-6)32(40)28-18-24-30(33(42)37(46-7)21(3)35(24)44-5)27(41(28)29(26)19-39)16-23-12-10-9-11-13-23/h9-14,26-29,32,42-43H,15-18H2,1-8H3/t26-,27-,28-,29-,32-/m0/s1. The highest BCUT2D eigenvalue weighted by Gasteiger charge is 2.57. The van der Waals surface area contributed by atoms with Crippen LogP contribution in [0.5, 0.6) is 34.5 Å². The van der Waals surface area contributed by atoms with Crippen molar-refractivity contribution in [2.24, 2.45) is 0 Å². The smallest absolute Gasteiger partial charge is 0.167 e. The zero-order valence-corrected chi connectivity index (χ0v) is 28.5. The van der Waals surface area contributed by atoms with Gasteiger partial charge >= 0.3 is 0 Å². The first-order valence-corrected chi connectivity index (χ1v) is 16.2. The number of piperazine rings is 1. The van der Waals surface area contributed by atoms with Crippen molar-refractivity contribution in [3.63, 3.8) is 0 Å². The van der Waals surface area contributed by atoms with Crippen molar-refractivity contribution < 1.29 is 29.2 Å². The number of rotatable bonds is 8. The Morgan fingerprint density at radius 1 is 0.830 bits per heavy atom. The molecule has 1 fully saturated rings. The molecule has 0 unspecified atom stereocenters. The van der Waals surface area contributed by atoms with Gasteiger partial charge in [-0.25, -0.2) is 0 Å². The quantitative estimate of drug-likeness (QED) is 0.283. The lowest BCUT2D eigenvalue weighted by Crippen LogP contribution is -2.69. The van der Waals surface area contributed by atoms with E-state index in [2.05, 4.69) is 47.9 Å². The molecular weight excluding hydrogens is 594 g/mol. The first kappa shape index (κ1) is 32.5. The van der Waals surface area contributed by atoms with E-state index in [1.54, 1.807) is 28.4 Å². The van der Waals surface area contributed by atoms with Gasteiger partial charge in [-0.1, -0.05) is 42.0 Å². The number of fused-ring (bicyclic) bond motifs is 7. The SMILES string of the molecule is COc1c(C)c(OC)c2c(c1O)[C@@H]1[C@@H]3Cc4c(OC)c(C)c(OC)c(O)c4[C@H](Cc4ccccc4)N3[C@@H](C#N)[C@H](C2)N1CC=C(C)C. The fourth-order valence-electron chi connectivity index (χ4n) is 8.63. The Labute approximate surface area is 277 Å². The lowest BCUT2D eigenvalue weighted by atomic mass is 9.70. The van der Waals surface area contributed by atoms with Crippen LogP contribution in [0.15, 0.2) is 42.0 Å². The summed E-state index contributed by atoms with van der Waals surface area (Å²) >= 11 is 0. The van der Waals surface area contributed by atoms with Crippen molar-refractivity contribution in [3.8, 4) is 40.6 Å². The molecule has 0 aliphatic carbocycles. The van der Waals surface area contributed by atoms with Crippen LogP contribution in [0.4, 0.5) is 0 Å². The molecule has 0 radical (unpaired) electrons. The lowest BCUT2D eigenvalue weighted by molar-refractivity contribution is -0.0801. The monoisotopic (exact) mass is 639 g/mol. The second-order valence-corrected chi connectivity index (χ2v) is 13.1. The normalized spacial score (nSPS) is 23.1. The van der Waals surface area contributed by atoms with Crippen molar-refractivity contribution in [2.75, 3.05) is 35.0 Å². The molecule has 9 heteroatoms. The number of hydrogen-bond donors (Lipinski definition) is 2. The summed E-state index contributed by atoms with van der Waals surface area (Å²) < 4.78 is 23.6. The van der Waals surface area contributed by atoms with E-state index in [-0.39, 0.29) is 35.7 Å². The van der Waals surface area contributed by atoms with Gasteiger partial charge in [0.05, 0.1) is 40.6 Å². The Kier molecular flexibility index (Phi) is 8.77. The van der Waals surface area contributed by atoms with E-state index in [0.29, 0.717) is 48.8 Å².